The van der Waals surface area contributed by atoms with Gasteiger partial charge in [-0.3, -0.25) is 0 Å². The molecule has 0 aliphatic carbocycles. The lowest BCUT2D eigenvalue weighted by Gasteiger charge is -2.19. The van der Waals surface area contributed by atoms with E-state index in [9.17, 15) is 5.11 Å². The van der Waals surface area contributed by atoms with Crippen LogP contribution in [0, 0.1) is 0 Å². The largest absolute Gasteiger partial charge is 0.496 e. The molecule has 1 rings (SSSR count). The Kier molecular flexibility index (Phi) is 4.90. The van der Waals surface area contributed by atoms with Crippen molar-refractivity contribution in [3.63, 3.8) is 0 Å². The summed E-state index contributed by atoms with van der Waals surface area (Å²) in [5, 5.41) is 9.56. The van der Waals surface area contributed by atoms with Gasteiger partial charge in [0.1, 0.15) is 5.75 Å². The molecule has 0 spiro atoms. The number of methoxy groups -OCH3 is 3. The Hall–Kier alpha value is -1.13. The van der Waals surface area contributed by atoms with Crippen molar-refractivity contribution in [3.05, 3.63) is 17.7 Å². The first-order chi connectivity index (χ1) is 8.04. The van der Waals surface area contributed by atoms with Crippen LogP contribution in [0.5, 0.6) is 17.2 Å². The maximum absolute atomic E-state index is 9.98. The molecule has 1 aromatic carbocycles. The molecule has 0 aromatic heterocycles. The predicted octanol–water partition coefficient (Wildman–Crippen LogP) is 2.37. The molecule has 0 aliphatic rings. The fourth-order valence-electron chi connectivity index (χ4n) is 1.53. The van der Waals surface area contributed by atoms with Gasteiger partial charge in [-0.05, 0) is 13.0 Å². The summed E-state index contributed by atoms with van der Waals surface area (Å²) in [6, 6.07) is 3.33. The van der Waals surface area contributed by atoms with Gasteiger partial charge >= 0.3 is 0 Å². The van der Waals surface area contributed by atoms with Crippen LogP contribution in [0.4, 0.5) is 0 Å². The van der Waals surface area contributed by atoms with Crippen LogP contribution in [0.25, 0.3) is 0 Å². The van der Waals surface area contributed by atoms with Crippen LogP contribution < -0.4 is 14.2 Å². The molecule has 1 N–H and O–H groups in total. The lowest BCUT2D eigenvalue weighted by Crippen LogP contribution is -2.10. The molecule has 0 fully saturated rings. The van der Waals surface area contributed by atoms with Gasteiger partial charge in [-0.15, -0.1) is 11.6 Å². The Labute approximate surface area is 106 Å². The average molecular weight is 261 g/mol. The second kappa shape index (κ2) is 5.98. The lowest BCUT2D eigenvalue weighted by atomic mass is 10.0. The predicted molar refractivity (Wildman–Crippen MR) is 66.4 cm³/mol. The third-order valence-electron chi connectivity index (χ3n) is 2.49. The first-order valence-electron chi connectivity index (χ1n) is 5.17. The molecule has 17 heavy (non-hydrogen) atoms. The molecule has 4 nitrogen and oxygen atoms in total. The number of halogens is 1. The van der Waals surface area contributed by atoms with Gasteiger partial charge in [0.2, 0.25) is 0 Å². The number of benzene rings is 1. The summed E-state index contributed by atoms with van der Waals surface area (Å²) in [5.74, 6) is 1.59. The summed E-state index contributed by atoms with van der Waals surface area (Å²) >= 11 is 5.88. The molecule has 2 unspecified atom stereocenters. The van der Waals surface area contributed by atoms with E-state index < -0.39 is 11.5 Å². The third kappa shape index (κ3) is 2.96. The van der Waals surface area contributed by atoms with Gasteiger partial charge in [-0.1, -0.05) is 0 Å². The number of aliphatic hydroxyl groups excluding tert-OH is 1. The molecule has 0 bridgehead atoms. The number of rotatable bonds is 5. The topological polar surface area (TPSA) is 47.9 Å². The molecular weight excluding hydrogens is 244 g/mol. The van der Waals surface area contributed by atoms with Crippen molar-refractivity contribution in [2.45, 2.75) is 18.4 Å². The van der Waals surface area contributed by atoms with Crippen molar-refractivity contribution in [2.24, 2.45) is 0 Å². The fraction of sp³-hybridized carbons (Fsp3) is 0.500. The van der Waals surface area contributed by atoms with Crippen LogP contribution in [0.3, 0.4) is 0 Å². The summed E-state index contributed by atoms with van der Waals surface area (Å²) in [4.78, 5) is 0. The molecule has 5 heteroatoms. The molecular formula is C12H17ClO4. The number of alkyl halides is 1. The Balaban J connectivity index is 3.28. The summed E-state index contributed by atoms with van der Waals surface area (Å²) in [7, 11) is 4.60. The van der Waals surface area contributed by atoms with Crippen molar-refractivity contribution in [2.75, 3.05) is 21.3 Å². The Morgan fingerprint density at radius 1 is 1.00 bits per heavy atom. The number of ether oxygens (including phenoxy) is 3. The van der Waals surface area contributed by atoms with Crippen LogP contribution in [0.1, 0.15) is 18.6 Å². The Morgan fingerprint density at radius 2 is 1.47 bits per heavy atom. The van der Waals surface area contributed by atoms with E-state index in [2.05, 4.69) is 0 Å². The maximum atomic E-state index is 9.98. The van der Waals surface area contributed by atoms with Crippen molar-refractivity contribution in [1.82, 2.24) is 0 Å². The smallest absolute Gasteiger partial charge is 0.164 e. The van der Waals surface area contributed by atoms with Gasteiger partial charge in [0.05, 0.1) is 32.8 Å². The zero-order chi connectivity index (χ0) is 13.0. The van der Waals surface area contributed by atoms with E-state index >= 15 is 0 Å². The zero-order valence-electron chi connectivity index (χ0n) is 10.4. The highest BCUT2D eigenvalue weighted by Gasteiger charge is 2.21. The monoisotopic (exact) mass is 260 g/mol. The molecule has 0 heterocycles. The zero-order valence-corrected chi connectivity index (χ0v) is 11.1. The van der Waals surface area contributed by atoms with E-state index in [0.29, 0.717) is 22.8 Å². The quantitative estimate of drug-likeness (QED) is 0.826. The van der Waals surface area contributed by atoms with Crippen molar-refractivity contribution in [1.29, 1.82) is 0 Å². The van der Waals surface area contributed by atoms with Gasteiger partial charge in [-0.2, -0.15) is 0 Å². The molecule has 0 saturated heterocycles. The van der Waals surface area contributed by atoms with Crippen LogP contribution >= 0.6 is 11.6 Å². The van der Waals surface area contributed by atoms with Gasteiger partial charge in [0, 0.05) is 11.6 Å². The number of aliphatic hydroxyl groups is 1. The lowest BCUT2D eigenvalue weighted by molar-refractivity contribution is 0.172. The molecule has 96 valence electrons. The first-order valence-corrected chi connectivity index (χ1v) is 5.60. The van der Waals surface area contributed by atoms with Crippen LogP contribution in [-0.4, -0.2) is 31.8 Å². The Bertz CT molecular complexity index is 379. The fourth-order valence-corrected chi connectivity index (χ4v) is 1.67. The van der Waals surface area contributed by atoms with Crippen molar-refractivity contribution in [3.8, 4) is 17.2 Å². The van der Waals surface area contributed by atoms with E-state index in [0.717, 1.165) is 0 Å². The minimum Gasteiger partial charge on any atom is -0.496 e. The SMILES string of the molecule is COc1cc(OC)c(C(O)C(C)Cl)cc1OC. The highest BCUT2D eigenvalue weighted by atomic mass is 35.5. The summed E-state index contributed by atoms with van der Waals surface area (Å²) in [5.41, 5.74) is 0.577. The Morgan fingerprint density at radius 3 is 1.88 bits per heavy atom. The van der Waals surface area contributed by atoms with E-state index in [-0.39, 0.29) is 0 Å². The average Bonchev–Trinajstić information content (AvgIpc) is 2.35. The molecule has 0 saturated carbocycles. The molecule has 0 aliphatic heterocycles. The number of hydrogen-bond acceptors (Lipinski definition) is 4. The van der Waals surface area contributed by atoms with Crippen LogP contribution in [0.2, 0.25) is 0 Å². The number of hydrogen-bond donors (Lipinski definition) is 1. The van der Waals surface area contributed by atoms with Gasteiger partial charge in [0.25, 0.3) is 0 Å². The van der Waals surface area contributed by atoms with Crippen LogP contribution in [0.15, 0.2) is 12.1 Å². The third-order valence-corrected chi connectivity index (χ3v) is 2.73. The molecule has 0 amide bonds. The first kappa shape index (κ1) is 13.9. The molecule has 1 aromatic rings. The second-order valence-electron chi connectivity index (χ2n) is 3.57. The maximum Gasteiger partial charge on any atom is 0.164 e. The summed E-state index contributed by atoms with van der Waals surface area (Å²) in [6.45, 7) is 1.71. The molecule has 0 radical (unpaired) electrons. The van der Waals surface area contributed by atoms with Gasteiger partial charge in [-0.25, -0.2) is 0 Å². The minimum atomic E-state index is -0.827. The van der Waals surface area contributed by atoms with Crippen LogP contribution in [-0.2, 0) is 0 Å². The van der Waals surface area contributed by atoms with Gasteiger partial charge < -0.3 is 19.3 Å². The second-order valence-corrected chi connectivity index (χ2v) is 4.26. The van der Waals surface area contributed by atoms with Gasteiger partial charge in [0.15, 0.2) is 11.5 Å². The highest BCUT2D eigenvalue weighted by Crippen LogP contribution is 2.38. The van der Waals surface area contributed by atoms with Crippen molar-refractivity contribution < 1.29 is 19.3 Å². The standard InChI is InChI=1S/C12H17ClO4/c1-7(13)12(14)8-5-10(16-3)11(17-4)6-9(8)15-2/h5-7,12,14H,1-4H3. The minimum absolute atomic E-state index is 0.429. The molecule has 2 atom stereocenters. The highest BCUT2D eigenvalue weighted by molar-refractivity contribution is 6.20. The van der Waals surface area contributed by atoms with E-state index in [1.165, 1.54) is 21.3 Å². The normalized spacial score (nSPS) is 14.0. The van der Waals surface area contributed by atoms with E-state index in [1.807, 2.05) is 0 Å². The van der Waals surface area contributed by atoms with E-state index in [1.54, 1.807) is 19.1 Å². The summed E-state index contributed by atoms with van der Waals surface area (Å²) < 4.78 is 15.5. The van der Waals surface area contributed by atoms with Crippen molar-refractivity contribution >= 4 is 11.6 Å². The van der Waals surface area contributed by atoms with E-state index in [4.69, 9.17) is 25.8 Å². The summed E-state index contributed by atoms with van der Waals surface area (Å²) in [6.07, 6.45) is -0.827.